The van der Waals surface area contributed by atoms with Crippen molar-refractivity contribution >= 4 is 23.6 Å². The molecule has 0 unspecified atom stereocenters. The first-order chi connectivity index (χ1) is 12.1. The number of carboxylic acids is 1. The molecule has 0 radical (unpaired) electrons. The monoisotopic (exact) mass is 383 g/mol. The van der Waals surface area contributed by atoms with Gasteiger partial charge in [0, 0.05) is 34.7 Å². The third kappa shape index (κ3) is 3.78. The second-order valence-electron chi connectivity index (χ2n) is 8.43. The number of aliphatic hydroxyl groups excluding tert-OH is 1. The first-order valence-corrected chi connectivity index (χ1v) is 10.1. The van der Waals surface area contributed by atoms with Gasteiger partial charge in [-0.25, -0.2) is 4.79 Å². The van der Waals surface area contributed by atoms with Crippen LogP contribution < -0.4 is 11.1 Å². The summed E-state index contributed by atoms with van der Waals surface area (Å²) < 4.78 is 0. The van der Waals surface area contributed by atoms with Gasteiger partial charge in [-0.2, -0.15) is 0 Å². The molecule has 3 rings (SSSR count). The molecule has 0 saturated carbocycles. The summed E-state index contributed by atoms with van der Waals surface area (Å²) in [5.41, 5.74) is 5.99. The van der Waals surface area contributed by atoms with Gasteiger partial charge < -0.3 is 26.2 Å². The van der Waals surface area contributed by atoms with E-state index in [1.54, 1.807) is 18.7 Å². The normalized spacial score (nSPS) is 32.7. The lowest BCUT2D eigenvalue weighted by Gasteiger charge is -2.44. The number of aliphatic carboxylic acids is 1. The quantitative estimate of drug-likeness (QED) is 0.482. The Balaban J connectivity index is 1.63. The molecular weight excluding hydrogens is 354 g/mol. The van der Waals surface area contributed by atoms with Crippen molar-refractivity contribution in [1.29, 1.82) is 0 Å². The Bertz CT molecular complexity index is 628. The van der Waals surface area contributed by atoms with Crippen molar-refractivity contribution in [2.45, 2.75) is 75.4 Å². The van der Waals surface area contributed by atoms with Crippen LogP contribution in [0.3, 0.4) is 0 Å². The molecule has 3 aliphatic rings. The number of hydrogen-bond acceptors (Lipinski definition) is 6. The third-order valence-electron chi connectivity index (χ3n) is 5.52. The Hall–Kier alpha value is -1.09. The van der Waals surface area contributed by atoms with Crippen LogP contribution in [0.15, 0.2) is 10.6 Å². The molecule has 146 valence electrons. The number of nitrogens with one attached hydrogen (secondary N) is 1. The molecule has 3 heterocycles. The van der Waals surface area contributed by atoms with Crippen molar-refractivity contribution in [2.75, 3.05) is 6.54 Å². The van der Waals surface area contributed by atoms with E-state index in [1.165, 1.54) is 4.90 Å². The average molecular weight is 384 g/mol. The molecule has 8 heteroatoms. The van der Waals surface area contributed by atoms with Gasteiger partial charge >= 0.3 is 5.97 Å². The lowest BCUT2D eigenvalue weighted by Crippen LogP contribution is -2.61. The van der Waals surface area contributed by atoms with Crippen molar-refractivity contribution in [2.24, 2.45) is 11.7 Å². The summed E-state index contributed by atoms with van der Waals surface area (Å²) in [7, 11) is 0. The fourth-order valence-corrected chi connectivity index (χ4v) is 5.65. The predicted octanol–water partition coefficient (Wildman–Crippen LogP) is 0.875. The summed E-state index contributed by atoms with van der Waals surface area (Å²) >= 11 is 1.58. The van der Waals surface area contributed by atoms with Crippen molar-refractivity contribution in [3.05, 3.63) is 10.6 Å². The van der Waals surface area contributed by atoms with Gasteiger partial charge in [-0.15, -0.1) is 11.8 Å². The van der Waals surface area contributed by atoms with Gasteiger partial charge in [0.1, 0.15) is 5.70 Å². The van der Waals surface area contributed by atoms with Gasteiger partial charge in [0.25, 0.3) is 0 Å². The number of β-lactam (4-membered cyclic amide) rings is 1. The van der Waals surface area contributed by atoms with E-state index in [-0.39, 0.29) is 23.2 Å². The van der Waals surface area contributed by atoms with Gasteiger partial charge in [0.05, 0.1) is 18.1 Å². The van der Waals surface area contributed by atoms with E-state index in [4.69, 9.17) is 5.73 Å². The molecule has 5 atom stereocenters. The predicted molar refractivity (Wildman–Crippen MR) is 100 cm³/mol. The number of nitrogens with zero attached hydrogens (tertiary/aromatic N) is 1. The number of carbonyl (C=O) groups excluding carboxylic acids is 1. The molecule has 0 bridgehead atoms. The number of carbonyl (C=O) groups is 2. The van der Waals surface area contributed by atoms with Crippen LogP contribution in [0, 0.1) is 5.92 Å². The molecule has 0 aromatic heterocycles. The molecule has 0 aromatic carbocycles. The number of hydrogen-bond donors (Lipinski definition) is 4. The zero-order chi connectivity index (χ0) is 19.2. The lowest BCUT2D eigenvalue weighted by atomic mass is 9.83. The van der Waals surface area contributed by atoms with Crippen LogP contribution in [0.25, 0.3) is 0 Å². The number of fused-ring (bicyclic) bond motifs is 1. The summed E-state index contributed by atoms with van der Waals surface area (Å²) in [5, 5.41) is 23.2. The third-order valence-corrected chi connectivity index (χ3v) is 6.86. The van der Waals surface area contributed by atoms with Crippen LogP contribution in [0.4, 0.5) is 0 Å². The van der Waals surface area contributed by atoms with Gasteiger partial charge in [-0.3, -0.25) is 4.79 Å². The molecule has 0 aromatic rings. The van der Waals surface area contributed by atoms with Crippen LogP contribution in [0.1, 0.15) is 46.5 Å². The number of carboxylic acid groups (broad SMARTS) is 1. The van der Waals surface area contributed by atoms with Crippen molar-refractivity contribution < 1.29 is 19.8 Å². The van der Waals surface area contributed by atoms with Crippen LogP contribution in [-0.4, -0.2) is 62.5 Å². The van der Waals surface area contributed by atoms with E-state index in [2.05, 4.69) is 5.32 Å². The van der Waals surface area contributed by atoms with Crippen LogP contribution in [0.5, 0.6) is 0 Å². The maximum absolute atomic E-state index is 12.2. The minimum Gasteiger partial charge on any atom is -0.477 e. The number of rotatable bonds is 7. The summed E-state index contributed by atoms with van der Waals surface area (Å²) in [6.07, 6.45) is 2.69. The molecule has 2 saturated heterocycles. The van der Waals surface area contributed by atoms with Crippen LogP contribution in [-0.2, 0) is 9.59 Å². The van der Waals surface area contributed by atoms with Crippen molar-refractivity contribution in [3.8, 4) is 0 Å². The minimum atomic E-state index is -1.06. The Morgan fingerprint density at radius 1 is 1.50 bits per heavy atom. The van der Waals surface area contributed by atoms with E-state index in [0.717, 1.165) is 30.7 Å². The highest BCUT2D eigenvalue weighted by molar-refractivity contribution is 8.03. The first kappa shape index (κ1) is 19.7. The summed E-state index contributed by atoms with van der Waals surface area (Å²) in [4.78, 5) is 26.1. The Morgan fingerprint density at radius 3 is 2.77 bits per heavy atom. The van der Waals surface area contributed by atoms with Gasteiger partial charge in [-0.1, -0.05) is 0 Å². The van der Waals surface area contributed by atoms with E-state index >= 15 is 0 Å². The second-order valence-corrected chi connectivity index (χ2v) is 9.83. The highest BCUT2D eigenvalue weighted by atomic mass is 32.2. The van der Waals surface area contributed by atoms with E-state index in [9.17, 15) is 19.8 Å². The number of aliphatic hydroxyl groups is 1. The molecule has 5 N–H and O–H groups in total. The van der Waals surface area contributed by atoms with Crippen molar-refractivity contribution in [3.63, 3.8) is 0 Å². The number of nitrogens with two attached hydrogens (primary N) is 1. The zero-order valence-electron chi connectivity index (χ0n) is 15.6. The highest BCUT2D eigenvalue weighted by Crippen LogP contribution is 2.48. The molecular formula is C18H29N3O4S. The highest BCUT2D eigenvalue weighted by Gasteiger charge is 2.57. The van der Waals surface area contributed by atoms with E-state index in [0.29, 0.717) is 17.7 Å². The van der Waals surface area contributed by atoms with E-state index in [1.807, 2.05) is 13.8 Å². The summed E-state index contributed by atoms with van der Waals surface area (Å²) in [5.74, 6) is -1.81. The number of amides is 1. The van der Waals surface area contributed by atoms with Crippen LogP contribution >= 0.6 is 11.8 Å². The summed E-state index contributed by atoms with van der Waals surface area (Å²) in [6.45, 7) is 6.47. The number of thioether (sulfide) groups is 1. The SMILES string of the molecule is C[C@@H](O)[C@H]1C(=O)N2C(C(=O)O)=C(S[C@@H]3CN[C@H](CCC(C)(C)N)C3)C[C@H]12. The standard InChI is InChI=1S/C18H29N3O4S/c1-9(22)14-12-7-13(15(17(24)25)21(12)16(14)23)26-11-6-10(20-8-11)4-5-18(2,3)19/h9-12,14,20,22H,4-8,19H2,1-3H3,(H,24,25)/t9-,10-,11+,12-,14-/m1/s1. The van der Waals surface area contributed by atoms with Gasteiger partial charge in [0.15, 0.2) is 0 Å². The molecule has 2 fully saturated rings. The molecule has 7 nitrogen and oxygen atoms in total. The smallest absolute Gasteiger partial charge is 0.353 e. The Kier molecular flexibility index (Phi) is 5.40. The van der Waals surface area contributed by atoms with Crippen LogP contribution in [0.2, 0.25) is 0 Å². The fourth-order valence-electron chi connectivity index (χ4n) is 4.18. The second kappa shape index (κ2) is 7.14. The summed E-state index contributed by atoms with van der Waals surface area (Å²) in [6, 6.07) is 0.189. The minimum absolute atomic E-state index is 0.119. The molecule has 1 amide bonds. The van der Waals surface area contributed by atoms with E-state index < -0.39 is 18.0 Å². The molecule has 26 heavy (non-hydrogen) atoms. The topological polar surface area (TPSA) is 116 Å². The largest absolute Gasteiger partial charge is 0.477 e. The molecule has 0 spiro atoms. The van der Waals surface area contributed by atoms with Gasteiger partial charge in [0.2, 0.25) is 5.91 Å². The first-order valence-electron chi connectivity index (χ1n) is 9.25. The zero-order valence-corrected chi connectivity index (χ0v) is 16.4. The maximum atomic E-state index is 12.2. The lowest BCUT2D eigenvalue weighted by molar-refractivity contribution is -0.161. The average Bonchev–Trinajstić information content (AvgIpc) is 3.07. The Morgan fingerprint density at radius 2 is 2.19 bits per heavy atom. The van der Waals surface area contributed by atoms with Crippen molar-refractivity contribution in [1.82, 2.24) is 10.2 Å². The maximum Gasteiger partial charge on any atom is 0.353 e. The Labute approximate surface area is 158 Å². The van der Waals surface area contributed by atoms with Gasteiger partial charge in [-0.05, 0) is 40.0 Å². The molecule has 0 aliphatic carbocycles. The fraction of sp³-hybridized carbons (Fsp3) is 0.778. The molecule has 3 aliphatic heterocycles.